The summed E-state index contributed by atoms with van der Waals surface area (Å²) in [5.41, 5.74) is 0.881. The number of carboxylic acid groups (broad SMARTS) is 1. The number of benzene rings is 1. The van der Waals surface area contributed by atoms with Crippen LogP contribution in [0.25, 0.3) is 0 Å². The van der Waals surface area contributed by atoms with Crippen molar-refractivity contribution >= 4 is 24.5 Å². The van der Waals surface area contributed by atoms with Gasteiger partial charge in [-0.3, -0.25) is 4.79 Å². The molecule has 0 spiro atoms. The van der Waals surface area contributed by atoms with Crippen LogP contribution in [0.4, 0.5) is 0 Å². The van der Waals surface area contributed by atoms with Gasteiger partial charge in [0.15, 0.2) is 0 Å². The predicted molar refractivity (Wildman–Crippen MR) is 91.1 cm³/mol. The fourth-order valence-electron chi connectivity index (χ4n) is 2.47. The van der Waals surface area contributed by atoms with Gasteiger partial charge in [-0.05, 0) is 38.7 Å². The third kappa shape index (κ3) is 3.97. The molecule has 1 saturated heterocycles. The molecule has 130 valence electrons. The minimum Gasteiger partial charge on any atom is -0.480 e. The Hall–Kier alpha value is -1.86. The molecule has 1 fully saturated rings. The summed E-state index contributed by atoms with van der Waals surface area (Å²) in [5, 5.41) is 11.6. The molecular formula is C17H24BNO5. The summed E-state index contributed by atoms with van der Waals surface area (Å²) in [6.45, 7) is 9.27. The zero-order valence-corrected chi connectivity index (χ0v) is 14.8. The zero-order chi connectivity index (χ0) is 18.1. The Morgan fingerprint density at radius 1 is 1.12 bits per heavy atom. The summed E-state index contributed by atoms with van der Waals surface area (Å²) < 4.78 is 12.0. The normalized spacial score (nSPS) is 19.8. The molecule has 6 nitrogen and oxygen atoms in total. The average molecular weight is 333 g/mol. The molecule has 2 rings (SSSR count). The molecule has 2 N–H and O–H groups in total. The highest BCUT2D eigenvalue weighted by molar-refractivity contribution is 6.62. The van der Waals surface area contributed by atoms with Gasteiger partial charge in [0.05, 0.1) is 11.2 Å². The third-order valence-electron chi connectivity index (χ3n) is 4.62. The molecule has 1 amide bonds. The van der Waals surface area contributed by atoms with Crippen molar-refractivity contribution in [1.82, 2.24) is 5.32 Å². The molecule has 0 saturated carbocycles. The summed E-state index contributed by atoms with van der Waals surface area (Å²) in [6, 6.07) is 6.45. The lowest BCUT2D eigenvalue weighted by molar-refractivity contribution is -0.141. The fourth-order valence-corrected chi connectivity index (χ4v) is 2.47. The minimum atomic E-state index is -1.06. The summed E-state index contributed by atoms with van der Waals surface area (Å²) in [4.78, 5) is 22.3. The van der Waals surface area contributed by atoms with Crippen LogP contribution < -0.4 is 10.8 Å². The average Bonchev–Trinajstić information content (AvgIpc) is 2.67. The number of carbonyl (C=O) groups excluding carboxylic acids is 1. The van der Waals surface area contributed by atoms with E-state index in [9.17, 15) is 14.7 Å². The van der Waals surface area contributed by atoms with Gasteiger partial charge in [-0.2, -0.15) is 0 Å². The Morgan fingerprint density at radius 3 is 2.04 bits per heavy atom. The van der Waals surface area contributed by atoms with E-state index in [1.54, 1.807) is 0 Å². The van der Waals surface area contributed by atoms with Gasteiger partial charge in [0, 0.05) is 13.3 Å². The second-order valence-corrected chi connectivity index (χ2v) is 7.13. The van der Waals surface area contributed by atoms with E-state index < -0.39 is 30.3 Å². The number of amides is 1. The first kappa shape index (κ1) is 18.5. The molecule has 0 radical (unpaired) electrons. The standard InChI is InChI=1S/C17H24BNO5/c1-11(20)19-14(15(21)22)10-12-6-8-13(9-7-12)18-23-16(2,3)17(4,5)24-18/h6-9,14H,10H2,1-5H3,(H,19,20)(H,21,22)/t14-/m1/s1. The monoisotopic (exact) mass is 333 g/mol. The lowest BCUT2D eigenvalue weighted by Crippen LogP contribution is -2.41. The van der Waals surface area contributed by atoms with Crippen molar-refractivity contribution in [2.24, 2.45) is 0 Å². The van der Waals surface area contributed by atoms with Crippen LogP contribution in [-0.2, 0) is 25.3 Å². The zero-order valence-electron chi connectivity index (χ0n) is 14.8. The van der Waals surface area contributed by atoms with E-state index in [2.05, 4.69) is 5.32 Å². The van der Waals surface area contributed by atoms with Gasteiger partial charge < -0.3 is 19.7 Å². The van der Waals surface area contributed by atoms with E-state index in [1.165, 1.54) is 6.92 Å². The Balaban J connectivity index is 2.08. The van der Waals surface area contributed by atoms with Crippen molar-refractivity contribution in [3.05, 3.63) is 29.8 Å². The van der Waals surface area contributed by atoms with Crippen LogP contribution in [0.5, 0.6) is 0 Å². The van der Waals surface area contributed by atoms with Crippen molar-refractivity contribution < 1.29 is 24.0 Å². The molecule has 0 aliphatic carbocycles. The van der Waals surface area contributed by atoms with E-state index in [0.29, 0.717) is 0 Å². The van der Waals surface area contributed by atoms with E-state index >= 15 is 0 Å². The van der Waals surface area contributed by atoms with E-state index in [4.69, 9.17) is 9.31 Å². The molecule has 7 heteroatoms. The summed E-state index contributed by atoms with van der Waals surface area (Å²) in [7, 11) is -0.449. The van der Waals surface area contributed by atoms with E-state index in [-0.39, 0.29) is 12.3 Å². The highest BCUT2D eigenvalue weighted by Gasteiger charge is 2.51. The van der Waals surface area contributed by atoms with Crippen LogP contribution in [0.1, 0.15) is 40.2 Å². The quantitative estimate of drug-likeness (QED) is 0.789. The first-order valence-electron chi connectivity index (χ1n) is 7.96. The smallest absolute Gasteiger partial charge is 0.480 e. The Bertz CT molecular complexity index is 610. The fraction of sp³-hybridized carbons (Fsp3) is 0.529. The lowest BCUT2D eigenvalue weighted by atomic mass is 9.78. The number of carboxylic acids is 1. The van der Waals surface area contributed by atoms with Crippen molar-refractivity contribution in [2.75, 3.05) is 0 Å². The molecule has 24 heavy (non-hydrogen) atoms. The number of hydrogen-bond donors (Lipinski definition) is 2. The number of rotatable bonds is 5. The second-order valence-electron chi connectivity index (χ2n) is 7.13. The van der Waals surface area contributed by atoms with Gasteiger partial charge in [-0.25, -0.2) is 4.79 Å². The van der Waals surface area contributed by atoms with Crippen molar-refractivity contribution in [1.29, 1.82) is 0 Å². The molecule has 0 bridgehead atoms. The molecule has 0 unspecified atom stereocenters. The van der Waals surface area contributed by atoms with Gasteiger partial charge >= 0.3 is 13.1 Å². The molecule has 0 aromatic heterocycles. The first-order chi connectivity index (χ1) is 11.0. The van der Waals surface area contributed by atoms with Crippen LogP contribution in [-0.4, -0.2) is 41.3 Å². The molecular weight excluding hydrogens is 309 g/mol. The first-order valence-corrected chi connectivity index (χ1v) is 7.96. The second kappa shape index (κ2) is 6.57. The Morgan fingerprint density at radius 2 is 1.62 bits per heavy atom. The maximum Gasteiger partial charge on any atom is 0.494 e. The minimum absolute atomic E-state index is 0.221. The molecule has 1 aliphatic heterocycles. The van der Waals surface area contributed by atoms with E-state index in [1.807, 2.05) is 52.0 Å². The number of hydrogen-bond acceptors (Lipinski definition) is 4. The van der Waals surface area contributed by atoms with Gasteiger partial charge in [0.2, 0.25) is 5.91 Å². The van der Waals surface area contributed by atoms with E-state index in [0.717, 1.165) is 11.0 Å². The van der Waals surface area contributed by atoms with Crippen molar-refractivity contribution in [2.45, 2.75) is 58.3 Å². The Labute approximate surface area is 142 Å². The van der Waals surface area contributed by atoms with Crippen LogP contribution in [0.15, 0.2) is 24.3 Å². The maximum absolute atomic E-state index is 11.2. The topological polar surface area (TPSA) is 84.9 Å². The summed E-state index contributed by atoms with van der Waals surface area (Å²) in [6.07, 6.45) is 0.221. The predicted octanol–water partition coefficient (Wildman–Crippen LogP) is 1.12. The molecule has 1 aromatic carbocycles. The van der Waals surface area contributed by atoms with Crippen LogP contribution in [0.2, 0.25) is 0 Å². The van der Waals surface area contributed by atoms with Gasteiger partial charge in [-0.1, -0.05) is 24.3 Å². The third-order valence-corrected chi connectivity index (χ3v) is 4.62. The highest BCUT2D eigenvalue weighted by atomic mass is 16.7. The van der Waals surface area contributed by atoms with Crippen molar-refractivity contribution in [3.63, 3.8) is 0 Å². The number of aliphatic carboxylic acids is 1. The van der Waals surface area contributed by atoms with Crippen LogP contribution >= 0.6 is 0 Å². The number of nitrogens with one attached hydrogen (secondary N) is 1. The SMILES string of the molecule is CC(=O)N[C@H](Cc1ccc(B2OC(C)(C)C(C)(C)O2)cc1)C(=O)O. The van der Waals surface area contributed by atoms with Crippen LogP contribution in [0, 0.1) is 0 Å². The Kier molecular flexibility index (Phi) is 5.06. The molecule has 1 atom stereocenters. The maximum atomic E-state index is 11.2. The summed E-state index contributed by atoms with van der Waals surface area (Å²) in [5.74, 6) is -1.42. The van der Waals surface area contributed by atoms with Crippen molar-refractivity contribution in [3.8, 4) is 0 Å². The van der Waals surface area contributed by atoms with Gasteiger partial charge in [-0.15, -0.1) is 0 Å². The molecule has 1 heterocycles. The highest BCUT2D eigenvalue weighted by Crippen LogP contribution is 2.36. The molecule has 1 aromatic rings. The largest absolute Gasteiger partial charge is 0.494 e. The van der Waals surface area contributed by atoms with Crippen LogP contribution in [0.3, 0.4) is 0 Å². The lowest BCUT2D eigenvalue weighted by Gasteiger charge is -2.32. The van der Waals surface area contributed by atoms with Gasteiger partial charge in [0.1, 0.15) is 6.04 Å². The number of carbonyl (C=O) groups is 2. The summed E-state index contributed by atoms with van der Waals surface area (Å²) >= 11 is 0. The van der Waals surface area contributed by atoms with Gasteiger partial charge in [0.25, 0.3) is 0 Å². The molecule has 1 aliphatic rings.